The fraction of sp³-hybridized carbons (Fsp3) is 0.500. The van der Waals surface area contributed by atoms with Crippen LogP contribution in [0.1, 0.15) is 62.7 Å². The lowest BCUT2D eigenvalue weighted by atomic mass is 9.97. The third kappa shape index (κ3) is 4.49. The van der Waals surface area contributed by atoms with Crippen molar-refractivity contribution in [2.24, 2.45) is 0 Å². The summed E-state index contributed by atoms with van der Waals surface area (Å²) < 4.78 is 40.1. The van der Waals surface area contributed by atoms with E-state index in [0.29, 0.717) is 29.9 Å². The van der Waals surface area contributed by atoms with E-state index in [2.05, 4.69) is 50.5 Å². The fourth-order valence-corrected chi connectivity index (χ4v) is 5.86. The molecule has 186 valence electrons. The van der Waals surface area contributed by atoms with E-state index in [4.69, 9.17) is 0 Å². The Morgan fingerprint density at radius 1 is 1.11 bits per heavy atom. The van der Waals surface area contributed by atoms with Gasteiger partial charge in [-0.15, -0.1) is 5.10 Å². The Kier molecular flexibility index (Phi) is 5.98. The van der Waals surface area contributed by atoms with Gasteiger partial charge in [0.05, 0.1) is 22.3 Å². The molecule has 2 bridgehead atoms. The third-order valence-corrected chi connectivity index (χ3v) is 8.24. The van der Waals surface area contributed by atoms with Crippen molar-refractivity contribution < 1.29 is 12.8 Å². The SMILES string of the molecule is Cc1c(Nc2ccc(S(C)(=O)=O)cc2F)ncnc1N1C2CCC1CC(n1cc(C(C)C)nn1)C2. The number of halogens is 1. The molecule has 4 heterocycles. The second-order valence-corrected chi connectivity index (χ2v) is 11.9. The summed E-state index contributed by atoms with van der Waals surface area (Å²) in [5.74, 6) is 1.05. The number of nitrogens with one attached hydrogen (secondary N) is 1. The molecule has 0 radical (unpaired) electrons. The number of aromatic nitrogens is 5. The van der Waals surface area contributed by atoms with Crippen LogP contribution in [0.15, 0.2) is 35.6 Å². The molecule has 0 saturated carbocycles. The van der Waals surface area contributed by atoms with E-state index in [1.54, 1.807) is 0 Å². The Bertz CT molecular complexity index is 1340. The number of hydrogen-bond acceptors (Lipinski definition) is 8. The highest BCUT2D eigenvalue weighted by atomic mass is 32.2. The Hall–Kier alpha value is -3.08. The maximum atomic E-state index is 14.6. The van der Waals surface area contributed by atoms with E-state index < -0.39 is 15.7 Å². The van der Waals surface area contributed by atoms with Gasteiger partial charge in [-0.2, -0.15) is 0 Å². The summed E-state index contributed by atoms with van der Waals surface area (Å²) in [5.41, 5.74) is 2.01. The maximum absolute atomic E-state index is 14.6. The molecule has 0 amide bonds. The monoisotopic (exact) mass is 499 g/mol. The smallest absolute Gasteiger partial charge is 0.175 e. The quantitative estimate of drug-likeness (QED) is 0.539. The average molecular weight is 500 g/mol. The first-order valence-corrected chi connectivity index (χ1v) is 13.8. The van der Waals surface area contributed by atoms with Gasteiger partial charge in [0.25, 0.3) is 0 Å². The van der Waals surface area contributed by atoms with Crippen molar-refractivity contribution >= 4 is 27.2 Å². The minimum atomic E-state index is -3.49. The molecule has 9 nitrogen and oxygen atoms in total. The predicted molar refractivity (Wildman–Crippen MR) is 131 cm³/mol. The van der Waals surface area contributed by atoms with Crippen LogP contribution in [0.5, 0.6) is 0 Å². The lowest BCUT2D eigenvalue weighted by Gasteiger charge is -2.40. The number of sulfone groups is 1. The second kappa shape index (κ2) is 8.85. The largest absolute Gasteiger partial charge is 0.350 e. The zero-order valence-electron chi connectivity index (χ0n) is 20.3. The lowest BCUT2D eigenvalue weighted by molar-refractivity contribution is 0.308. The zero-order valence-corrected chi connectivity index (χ0v) is 21.1. The molecule has 0 aliphatic carbocycles. The van der Waals surface area contributed by atoms with Crippen molar-refractivity contribution in [3.05, 3.63) is 47.8 Å². The van der Waals surface area contributed by atoms with Crippen LogP contribution in [0.25, 0.3) is 0 Å². The van der Waals surface area contributed by atoms with Crippen LogP contribution in [0, 0.1) is 12.7 Å². The van der Waals surface area contributed by atoms with E-state index in [9.17, 15) is 12.8 Å². The summed E-state index contributed by atoms with van der Waals surface area (Å²) in [6, 6.07) is 4.81. The number of nitrogens with zero attached hydrogens (tertiary/aromatic N) is 6. The first kappa shape index (κ1) is 23.7. The van der Waals surface area contributed by atoms with Gasteiger partial charge in [0, 0.05) is 30.1 Å². The second-order valence-electron chi connectivity index (χ2n) is 9.91. The van der Waals surface area contributed by atoms with Crippen molar-refractivity contribution in [3.8, 4) is 0 Å². The summed E-state index contributed by atoms with van der Waals surface area (Å²) >= 11 is 0. The van der Waals surface area contributed by atoms with Gasteiger partial charge in [0.15, 0.2) is 9.84 Å². The molecule has 2 saturated heterocycles. The van der Waals surface area contributed by atoms with Crippen molar-refractivity contribution in [2.45, 2.75) is 75.4 Å². The van der Waals surface area contributed by atoms with Crippen LogP contribution in [-0.4, -0.2) is 51.7 Å². The number of anilines is 3. The van der Waals surface area contributed by atoms with Crippen molar-refractivity contribution in [1.29, 1.82) is 0 Å². The molecule has 3 aromatic rings. The van der Waals surface area contributed by atoms with Crippen molar-refractivity contribution in [1.82, 2.24) is 25.0 Å². The summed E-state index contributed by atoms with van der Waals surface area (Å²) in [6.45, 7) is 6.17. The highest BCUT2D eigenvalue weighted by Crippen LogP contribution is 2.44. The number of fused-ring (bicyclic) bond motifs is 2. The van der Waals surface area contributed by atoms with Crippen molar-refractivity contribution in [3.63, 3.8) is 0 Å². The third-order valence-electron chi connectivity index (χ3n) is 7.13. The van der Waals surface area contributed by atoms with Crippen LogP contribution < -0.4 is 10.2 Å². The van der Waals surface area contributed by atoms with Crippen molar-refractivity contribution in [2.75, 3.05) is 16.5 Å². The first-order chi connectivity index (χ1) is 16.6. The molecule has 5 rings (SSSR count). The molecule has 35 heavy (non-hydrogen) atoms. The molecular weight excluding hydrogens is 469 g/mol. The van der Waals surface area contributed by atoms with Gasteiger partial charge < -0.3 is 10.2 Å². The Labute approximate surface area is 204 Å². The Morgan fingerprint density at radius 2 is 1.83 bits per heavy atom. The van der Waals surface area contributed by atoms with E-state index in [1.807, 2.05) is 11.6 Å². The topological polar surface area (TPSA) is 106 Å². The molecule has 2 aliphatic rings. The minimum Gasteiger partial charge on any atom is -0.350 e. The molecular formula is C24H30FN7O2S. The van der Waals surface area contributed by atoms with Crippen LogP contribution in [-0.2, 0) is 9.84 Å². The molecule has 2 unspecified atom stereocenters. The molecule has 2 aromatic heterocycles. The van der Waals surface area contributed by atoms with Crippen LogP contribution in [0.3, 0.4) is 0 Å². The van der Waals surface area contributed by atoms with Crippen LogP contribution in [0.4, 0.5) is 21.7 Å². The number of rotatable bonds is 6. The molecule has 1 N–H and O–H groups in total. The normalized spacial score (nSPS) is 22.1. The highest BCUT2D eigenvalue weighted by molar-refractivity contribution is 7.90. The van der Waals surface area contributed by atoms with E-state index >= 15 is 0 Å². The summed E-state index contributed by atoms with van der Waals surface area (Å²) in [7, 11) is -3.49. The van der Waals surface area contributed by atoms with Crippen LogP contribution in [0.2, 0.25) is 0 Å². The minimum absolute atomic E-state index is 0.0620. The van der Waals surface area contributed by atoms with E-state index in [0.717, 1.165) is 55.1 Å². The Balaban J connectivity index is 1.37. The molecule has 11 heteroatoms. The summed E-state index contributed by atoms with van der Waals surface area (Å²) in [4.78, 5) is 11.3. The predicted octanol–water partition coefficient (Wildman–Crippen LogP) is 4.16. The van der Waals surface area contributed by atoms with Gasteiger partial charge >= 0.3 is 0 Å². The van der Waals surface area contributed by atoms with Crippen LogP contribution >= 0.6 is 0 Å². The highest BCUT2D eigenvalue weighted by Gasteiger charge is 2.43. The molecule has 2 atom stereocenters. The number of piperidine rings is 1. The van der Waals surface area contributed by atoms with E-state index in [-0.39, 0.29) is 10.6 Å². The summed E-state index contributed by atoms with van der Waals surface area (Å²) in [6.07, 6.45) is 8.72. The fourth-order valence-electron chi connectivity index (χ4n) is 5.23. The first-order valence-electron chi connectivity index (χ1n) is 11.9. The lowest BCUT2D eigenvalue weighted by Crippen LogP contribution is -2.44. The standard InChI is InChI=1S/C24H30FN7O2S/c1-14(2)22-12-31(30-29-22)18-9-16-5-6-17(10-18)32(16)24-15(3)23(26-13-27-24)28-21-8-7-19(11-20(21)25)35(4,33)34/h7-8,11-14,16-18H,5-6,9-10H2,1-4H3,(H,26,27,28). The van der Waals surface area contributed by atoms with Gasteiger partial charge in [-0.25, -0.2) is 27.5 Å². The van der Waals surface area contributed by atoms with Gasteiger partial charge in [-0.3, -0.25) is 0 Å². The van der Waals surface area contributed by atoms with Gasteiger partial charge in [-0.1, -0.05) is 19.1 Å². The van der Waals surface area contributed by atoms with Gasteiger partial charge in [0.1, 0.15) is 23.8 Å². The average Bonchev–Trinajstić information content (AvgIpc) is 3.39. The molecule has 2 fully saturated rings. The van der Waals surface area contributed by atoms with Gasteiger partial charge in [-0.05, 0) is 56.7 Å². The molecule has 2 aliphatic heterocycles. The van der Waals surface area contributed by atoms with Gasteiger partial charge in [0.2, 0.25) is 0 Å². The maximum Gasteiger partial charge on any atom is 0.175 e. The zero-order chi connectivity index (χ0) is 24.9. The number of hydrogen-bond donors (Lipinski definition) is 1. The number of benzene rings is 1. The molecule has 1 aromatic carbocycles. The Morgan fingerprint density at radius 3 is 2.43 bits per heavy atom. The molecule has 0 spiro atoms. The van der Waals surface area contributed by atoms with E-state index in [1.165, 1.54) is 18.5 Å². The summed E-state index contributed by atoms with van der Waals surface area (Å²) in [5, 5.41) is 11.8.